The van der Waals surface area contributed by atoms with Gasteiger partial charge in [-0.05, 0) is 13.0 Å². The number of hydrogen-bond acceptors (Lipinski definition) is 4. The second-order valence-electron chi connectivity index (χ2n) is 3.73. The number of rotatable bonds is 4. The van der Waals surface area contributed by atoms with Crippen molar-refractivity contribution in [1.29, 1.82) is 0 Å². The maximum atomic E-state index is 11.8. The van der Waals surface area contributed by atoms with E-state index in [1.807, 2.05) is 13.0 Å². The van der Waals surface area contributed by atoms with Crippen molar-refractivity contribution in [3.63, 3.8) is 0 Å². The van der Waals surface area contributed by atoms with Gasteiger partial charge in [0, 0.05) is 11.8 Å². The fourth-order valence-corrected chi connectivity index (χ4v) is 2.19. The number of hydrogen-bond donors (Lipinski definition) is 1. The van der Waals surface area contributed by atoms with Crippen LogP contribution in [0.2, 0.25) is 0 Å². The Kier molecular flexibility index (Phi) is 3.83. The van der Waals surface area contributed by atoms with Crippen molar-refractivity contribution in [2.24, 2.45) is 0 Å². The van der Waals surface area contributed by atoms with Crippen molar-refractivity contribution in [1.82, 2.24) is 0 Å². The molecule has 0 unspecified atom stereocenters. The summed E-state index contributed by atoms with van der Waals surface area (Å²) < 4.78 is 22.6. The van der Waals surface area contributed by atoms with Gasteiger partial charge in [0.25, 0.3) is 0 Å². The first-order valence-electron chi connectivity index (χ1n) is 4.77. The van der Waals surface area contributed by atoms with Gasteiger partial charge in [0.15, 0.2) is 15.6 Å². The van der Waals surface area contributed by atoms with E-state index < -0.39 is 27.5 Å². The fraction of sp³-hybridized carbons (Fsp3) is 0.364. The molecule has 1 rings (SSSR count). The number of aliphatic hydroxyl groups is 1. The van der Waals surface area contributed by atoms with Crippen molar-refractivity contribution in [2.45, 2.75) is 12.2 Å². The highest BCUT2D eigenvalue weighted by molar-refractivity contribution is 7.92. The van der Waals surface area contributed by atoms with Gasteiger partial charge in [0.1, 0.15) is 5.25 Å². The topological polar surface area (TPSA) is 71.4 Å². The Bertz CT molecular complexity index is 490. The lowest BCUT2D eigenvalue weighted by Gasteiger charge is -2.11. The molecule has 1 aromatic carbocycles. The molecule has 0 heterocycles. The molecule has 5 heteroatoms. The molecule has 0 aliphatic rings. The molecule has 0 saturated carbocycles. The highest BCUT2D eigenvalue weighted by atomic mass is 32.2. The zero-order valence-electron chi connectivity index (χ0n) is 9.17. The molecule has 16 heavy (non-hydrogen) atoms. The summed E-state index contributed by atoms with van der Waals surface area (Å²) >= 11 is 0. The van der Waals surface area contributed by atoms with Crippen LogP contribution in [0.1, 0.15) is 15.9 Å². The molecule has 0 spiro atoms. The van der Waals surface area contributed by atoms with Gasteiger partial charge < -0.3 is 5.11 Å². The second-order valence-corrected chi connectivity index (χ2v) is 5.96. The van der Waals surface area contributed by atoms with Crippen LogP contribution in [-0.2, 0) is 9.84 Å². The lowest BCUT2D eigenvalue weighted by molar-refractivity contribution is 0.0962. The molecule has 0 aromatic heterocycles. The summed E-state index contributed by atoms with van der Waals surface area (Å²) in [6, 6.07) is 6.64. The highest BCUT2D eigenvalue weighted by Gasteiger charge is 2.28. The third kappa shape index (κ3) is 2.90. The van der Waals surface area contributed by atoms with Crippen LogP contribution in [-0.4, -0.2) is 37.4 Å². The van der Waals surface area contributed by atoms with Gasteiger partial charge in [-0.15, -0.1) is 0 Å². The van der Waals surface area contributed by atoms with Crippen LogP contribution in [0.3, 0.4) is 0 Å². The van der Waals surface area contributed by atoms with E-state index in [4.69, 9.17) is 5.11 Å². The number of aliphatic hydroxyl groups excluding tert-OH is 1. The first-order valence-corrected chi connectivity index (χ1v) is 6.72. The summed E-state index contributed by atoms with van der Waals surface area (Å²) in [5.41, 5.74) is 1.18. The van der Waals surface area contributed by atoms with E-state index in [0.717, 1.165) is 11.8 Å². The molecule has 0 amide bonds. The minimum atomic E-state index is -3.57. The summed E-state index contributed by atoms with van der Waals surface area (Å²) in [6.45, 7) is 1.12. The number of benzene rings is 1. The lowest BCUT2D eigenvalue weighted by Crippen LogP contribution is -2.33. The van der Waals surface area contributed by atoms with Crippen LogP contribution in [0, 0.1) is 6.92 Å². The monoisotopic (exact) mass is 242 g/mol. The van der Waals surface area contributed by atoms with E-state index in [0.29, 0.717) is 5.56 Å². The zero-order chi connectivity index (χ0) is 12.3. The van der Waals surface area contributed by atoms with Gasteiger partial charge in [0.2, 0.25) is 0 Å². The first-order chi connectivity index (χ1) is 7.36. The Balaban J connectivity index is 3.11. The van der Waals surface area contributed by atoms with Gasteiger partial charge in [-0.25, -0.2) is 8.42 Å². The number of Topliss-reactive ketones (excluding diaryl/α,β-unsaturated/α-hetero) is 1. The Morgan fingerprint density at radius 2 is 2.06 bits per heavy atom. The van der Waals surface area contributed by atoms with Crippen molar-refractivity contribution >= 4 is 15.6 Å². The molecule has 1 atom stereocenters. The van der Waals surface area contributed by atoms with Gasteiger partial charge in [-0.3, -0.25) is 4.79 Å². The molecule has 0 aliphatic heterocycles. The molecule has 0 aliphatic carbocycles. The summed E-state index contributed by atoms with van der Waals surface area (Å²) in [5, 5.41) is 7.60. The van der Waals surface area contributed by atoms with Crippen LogP contribution >= 0.6 is 0 Å². The summed E-state index contributed by atoms with van der Waals surface area (Å²) in [6.07, 6.45) is 0.946. The van der Waals surface area contributed by atoms with Crippen molar-refractivity contribution in [3.8, 4) is 0 Å². The summed E-state index contributed by atoms with van der Waals surface area (Å²) in [7, 11) is -3.57. The molecule has 1 aromatic rings. The van der Waals surface area contributed by atoms with E-state index in [9.17, 15) is 13.2 Å². The lowest BCUT2D eigenvalue weighted by atomic mass is 10.1. The molecule has 0 fully saturated rings. The first kappa shape index (κ1) is 12.9. The van der Waals surface area contributed by atoms with Gasteiger partial charge in [0.05, 0.1) is 6.61 Å². The predicted molar refractivity (Wildman–Crippen MR) is 61.2 cm³/mol. The van der Waals surface area contributed by atoms with Crippen LogP contribution in [0.25, 0.3) is 0 Å². The maximum Gasteiger partial charge on any atom is 0.183 e. The number of carbonyl (C=O) groups excluding carboxylic acids is 1. The van der Waals surface area contributed by atoms with Gasteiger partial charge in [-0.2, -0.15) is 0 Å². The number of carbonyl (C=O) groups is 1. The SMILES string of the molecule is Cc1cccc(C(=O)[C@@H](CO)S(C)(=O)=O)c1. The van der Waals surface area contributed by atoms with Gasteiger partial charge in [-0.1, -0.05) is 23.8 Å². The van der Waals surface area contributed by atoms with E-state index in [-0.39, 0.29) is 0 Å². The van der Waals surface area contributed by atoms with Crippen LogP contribution in [0.4, 0.5) is 0 Å². The number of sulfone groups is 1. The molecule has 1 N–H and O–H groups in total. The number of aryl methyl sites for hydroxylation is 1. The van der Waals surface area contributed by atoms with Crippen LogP contribution in [0.5, 0.6) is 0 Å². The summed E-state index contributed by atoms with van der Waals surface area (Å²) in [5.74, 6) is -0.561. The normalized spacial score (nSPS) is 13.4. The van der Waals surface area contributed by atoms with Crippen LogP contribution in [0.15, 0.2) is 24.3 Å². The third-order valence-electron chi connectivity index (χ3n) is 2.28. The molecule has 4 nitrogen and oxygen atoms in total. The molecule has 0 bridgehead atoms. The van der Waals surface area contributed by atoms with E-state index in [2.05, 4.69) is 0 Å². The molecule has 0 saturated heterocycles. The standard InChI is InChI=1S/C11H14O4S/c1-8-4-3-5-9(6-8)11(13)10(7-12)16(2,14)15/h3-6,10,12H,7H2,1-2H3/t10-/m1/s1. The van der Waals surface area contributed by atoms with E-state index in [1.54, 1.807) is 18.2 Å². The largest absolute Gasteiger partial charge is 0.395 e. The Hall–Kier alpha value is -1.20. The van der Waals surface area contributed by atoms with E-state index in [1.165, 1.54) is 0 Å². The number of ketones is 1. The van der Waals surface area contributed by atoms with Crippen molar-refractivity contribution < 1.29 is 18.3 Å². The Labute approximate surface area is 94.8 Å². The average molecular weight is 242 g/mol. The molecular weight excluding hydrogens is 228 g/mol. The third-order valence-corrected chi connectivity index (χ3v) is 3.67. The average Bonchev–Trinajstić information content (AvgIpc) is 2.16. The second kappa shape index (κ2) is 4.76. The van der Waals surface area contributed by atoms with Crippen molar-refractivity contribution in [3.05, 3.63) is 35.4 Å². The zero-order valence-corrected chi connectivity index (χ0v) is 9.99. The molecule has 0 radical (unpaired) electrons. The quantitative estimate of drug-likeness (QED) is 0.784. The molecule has 88 valence electrons. The Morgan fingerprint density at radius 1 is 1.44 bits per heavy atom. The maximum absolute atomic E-state index is 11.8. The van der Waals surface area contributed by atoms with E-state index >= 15 is 0 Å². The highest BCUT2D eigenvalue weighted by Crippen LogP contribution is 2.11. The van der Waals surface area contributed by atoms with Crippen LogP contribution < -0.4 is 0 Å². The van der Waals surface area contributed by atoms with Gasteiger partial charge >= 0.3 is 0 Å². The summed E-state index contributed by atoms with van der Waals surface area (Å²) in [4.78, 5) is 11.8. The minimum absolute atomic E-state index is 0.310. The Morgan fingerprint density at radius 3 is 2.50 bits per heavy atom. The molecular formula is C11H14O4S. The predicted octanol–water partition coefficient (Wildman–Crippen LogP) is 0.583. The fourth-order valence-electron chi connectivity index (χ4n) is 1.40. The van der Waals surface area contributed by atoms with Crippen molar-refractivity contribution in [2.75, 3.05) is 12.9 Å². The smallest absolute Gasteiger partial charge is 0.183 e. The minimum Gasteiger partial charge on any atom is -0.395 e.